The average molecular weight is 683 g/mol. The molecule has 5 heterocycles. The Morgan fingerprint density at radius 3 is 2.67 bits per heavy atom. The second kappa shape index (κ2) is 12.0. The van der Waals surface area contributed by atoms with Crippen molar-refractivity contribution in [1.82, 2.24) is 20.2 Å². The van der Waals surface area contributed by atoms with Crippen molar-refractivity contribution < 1.29 is 44.4 Å². The van der Waals surface area contributed by atoms with Gasteiger partial charge in [-0.05, 0) is 41.3 Å². The van der Waals surface area contributed by atoms with Crippen LogP contribution in [0.2, 0.25) is 0 Å². The lowest BCUT2D eigenvalue weighted by Crippen LogP contribution is -2.72. The number of nitrogen functional groups attached to an aromatic ring is 1. The minimum absolute atomic E-state index is 0.00508. The molecule has 6 rings (SSSR count). The van der Waals surface area contributed by atoms with Gasteiger partial charge in [0.25, 0.3) is 11.8 Å². The summed E-state index contributed by atoms with van der Waals surface area (Å²) in [6.45, 7) is 0. The SMILES string of the molecule is Nc1nc(C(ON=CC(=O)NC2C(=O)N3C(C(=O)O)=C(Cc4cnc5sccc5c4)SCC23)(C(=O)O)c2ccc(O)c(O)c2)cs1. The number of rotatable bonds is 10. The summed E-state index contributed by atoms with van der Waals surface area (Å²) in [4.78, 5) is 67.0. The Labute approximate surface area is 270 Å². The summed E-state index contributed by atoms with van der Waals surface area (Å²) in [7, 11) is 0. The molecule has 46 heavy (non-hydrogen) atoms. The molecule has 3 atom stereocenters. The van der Waals surface area contributed by atoms with Crippen LogP contribution in [-0.2, 0) is 36.0 Å². The number of carbonyl (C=O) groups is 4. The molecule has 1 aromatic carbocycles. The summed E-state index contributed by atoms with van der Waals surface area (Å²) >= 11 is 3.68. The summed E-state index contributed by atoms with van der Waals surface area (Å²) < 4.78 is 0. The van der Waals surface area contributed by atoms with E-state index in [0.29, 0.717) is 16.9 Å². The van der Waals surface area contributed by atoms with Crippen LogP contribution in [0.25, 0.3) is 10.2 Å². The molecule has 0 saturated carbocycles. The second-order valence-corrected chi connectivity index (χ2v) is 13.0. The van der Waals surface area contributed by atoms with Gasteiger partial charge >= 0.3 is 17.5 Å². The van der Waals surface area contributed by atoms with Gasteiger partial charge in [-0.1, -0.05) is 5.16 Å². The third-order valence-electron chi connectivity index (χ3n) is 7.31. The first kappa shape index (κ1) is 30.8. The number of nitrogens with zero attached hydrogens (tertiary/aromatic N) is 4. The van der Waals surface area contributed by atoms with E-state index in [0.717, 1.165) is 50.2 Å². The van der Waals surface area contributed by atoms with Crippen LogP contribution in [0.5, 0.6) is 11.5 Å². The largest absolute Gasteiger partial charge is 0.504 e. The molecule has 3 unspecified atom stereocenters. The Balaban J connectivity index is 1.18. The van der Waals surface area contributed by atoms with Crippen LogP contribution >= 0.6 is 34.4 Å². The zero-order valence-electron chi connectivity index (χ0n) is 23.2. The summed E-state index contributed by atoms with van der Waals surface area (Å²) in [6.07, 6.45) is 2.55. The Kier molecular flexibility index (Phi) is 8.01. The molecule has 0 bridgehead atoms. The van der Waals surface area contributed by atoms with Crippen LogP contribution in [-0.4, -0.2) is 83.1 Å². The lowest BCUT2D eigenvalue weighted by Gasteiger charge is -2.49. The van der Waals surface area contributed by atoms with Crippen molar-refractivity contribution in [3.63, 3.8) is 0 Å². The number of carboxylic acids is 2. The fourth-order valence-corrected chi connectivity index (χ4v) is 7.76. The van der Waals surface area contributed by atoms with E-state index in [1.54, 1.807) is 6.20 Å². The van der Waals surface area contributed by atoms with Crippen molar-refractivity contribution in [2.45, 2.75) is 24.1 Å². The number of thiazole rings is 1. The van der Waals surface area contributed by atoms with Crippen LogP contribution in [0, 0.1) is 0 Å². The highest BCUT2D eigenvalue weighted by Crippen LogP contribution is 2.41. The van der Waals surface area contributed by atoms with Gasteiger partial charge in [0, 0.05) is 39.6 Å². The molecular formula is C28H22N6O9S3. The van der Waals surface area contributed by atoms with Crippen molar-refractivity contribution in [3.8, 4) is 11.5 Å². The maximum absolute atomic E-state index is 13.1. The molecule has 4 aromatic rings. The predicted octanol–water partition coefficient (Wildman–Crippen LogP) is 2.06. The topological polar surface area (TPSA) is 238 Å². The number of nitrogens with one attached hydrogen (secondary N) is 1. The standard InChI is InChI=1S/C28H22N6O9S3/c29-27-32-19(11-46-27)28(26(41)42,14-1-2-16(35)17(36)7-14)43-31-9-20(37)33-21-15-10-45-18(22(25(39)40)34(15)24(21)38)6-12-5-13-3-4-44-23(13)30-8-12/h1-5,7-9,11,15,21,35-36H,6,10H2,(H2,29,32)(H,33,37)(H,39,40)(H,41,42). The number of carbonyl (C=O) groups excluding carboxylic acids is 2. The van der Waals surface area contributed by atoms with E-state index in [-0.39, 0.29) is 28.5 Å². The zero-order valence-corrected chi connectivity index (χ0v) is 25.6. The van der Waals surface area contributed by atoms with Crippen molar-refractivity contribution in [2.75, 3.05) is 11.5 Å². The number of hydrogen-bond donors (Lipinski definition) is 6. The van der Waals surface area contributed by atoms with Gasteiger partial charge in [-0.25, -0.2) is 19.6 Å². The van der Waals surface area contributed by atoms with E-state index >= 15 is 0 Å². The molecule has 15 nitrogen and oxygen atoms in total. The Morgan fingerprint density at radius 1 is 1.17 bits per heavy atom. The Hall–Kier alpha value is -5.20. The number of nitrogens with two attached hydrogens (primary N) is 1. The van der Waals surface area contributed by atoms with Gasteiger partial charge in [-0.15, -0.1) is 34.4 Å². The highest BCUT2D eigenvalue weighted by Gasteiger charge is 2.54. The van der Waals surface area contributed by atoms with Crippen LogP contribution in [0.3, 0.4) is 0 Å². The van der Waals surface area contributed by atoms with Crippen LogP contribution in [0.1, 0.15) is 16.8 Å². The van der Waals surface area contributed by atoms with Crippen LogP contribution in [0.15, 0.2) is 63.0 Å². The number of hydrogen-bond acceptors (Lipinski definition) is 14. The number of pyridine rings is 1. The molecule has 0 spiro atoms. The number of thiophene rings is 1. The summed E-state index contributed by atoms with van der Waals surface area (Å²) in [6, 6.07) is 5.26. The monoisotopic (exact) mass is 682 g/mol. The first-order valence-corrected chi connectivity index (χ1v) is 16.0. The zero-order chi connectivity index (χ0) is 32.7. The van der Waals surface area contributed by atoms with Crippen molar-refractivity contribution >= 4 is 79.8 Å². The number of phenolic OH excluding ortho intramolecular Hbond substituents is 2. The number of fused-ring (bicyclic) bond motifs is 2. The number of carboxylic acid groups (broad SMARTS) is 2. The van der Waals surface area contributed by atoms with Crippen LogP contribution in [0.4, 0.5) is 5.13 Å². The molecule has 2 aliphatic heterocycles. The molecule has 0 aliphatic carbocycles. The Bertz CT molecular complexity index is 1970. The number of allylic oxidation sites excluding steroid dienone is 1. The lowest BCUT2D eigenvalue weighted by molar-refractivity contribution is -0.162. The van der Waals surface area contributed by atoms with Gasteiger partial charge in [0.05, 0.1) is 6.04 Å². The number of aliphatic carboxylic acids is 2. The number of oxime groups is 1. The number of thioether (sulfide) groups is 1. The summed E-state index contributed by atoms with van der Waals surface area (Å²) in [5, 5.41) is 50.1. The molecule has 2 amide bonds. The number of β-lactam (4-membered cyclic amide) rings is 1. The molecule has 7 N–H and O–H groups in total. The van der Waals surface area contributed by atoms with Gasteiger partial charge in [-0.2, -0.15) is 0 Å². The third-order valence-corrected chi connectivity index (χ3v) is 10.0. The van der Waals surface area contributed by atoms with Crippen molar-refractivity contribution in [3.05, 3.63) is 74.7 Å². The minimum atomic E-state index is -2.49. The highest BCUT2D eigenvalue weighted by molar-refractivity contribution is 8.03. The quantitative estimate of drug-likeness (QED) is 0.0609. The maximum Gasteiger partial charge on any atom is 0.362 e. The van der Waals surface area contributed by atoms with E-state index in [1.165, 1.54) is 28.5 Å². The first-order valence-electron chi connectivity index (χ1n) is 13.2. The van der Waals surface area contributed by atoms with E-state index in [1.807, 2.05) is 17.5 Å². The molecule has 0 radical (unpaired) electrons. The molecule has 2 aliphatic rings. The number of amides is 2. The number of anilines is 1. The van der Waals surface area contributed by atoms with Crippen LogP contribution < -0.4 is 11.1 Å². The normalized spacial score (nSPS) is 19.0. The van der Waals surface area contributed by atoms with E-state index in [4.69, 9.17) is 10.6 Å². The number of benzene rings is 1. The molecule has 1 saturated heterocycles. The second-order valence-electron chi connectivity index (χ2n) is 10.1. The van der Waals surface area contributed by atoms with Gasteiger partial charge in [-0.3, -0.25) is 14.5 Å². The molecule has 1 fully saturated rings. The fourth-order valence-electron chi connectivity index (χ4n) is 5.14. The van der Waals surface area contributed by atoms with E-state index in [9.17, 15) is 39.6 Å². The van der Waals surface area contributed by atoms with Gasteiger partial charge in [0.15, 0.2) is 16.6 Å². The highest BCUT2D eigenvalue weighted by atomic mass is 32.2. The molecule has 236 valence electrons. The van der Waals surface area contributed by atoms with Gasteiger partial charge in [0.1, 0.15) is 28.5 Å². The number of phenols is 2. The molecule has 18 heteroatoms. The van der Waals surface area contributed by atoms with Gasteiger partial charge in [0.2, 0.25) is 0 Å². The lowest BCUT2D eigenvalue weighted by atomic mass is 9.90. The molecular weight excluding hydrogens is 661 g/mol. The predicted molar refractivity (Wildman–Crippen MR) is 167 cm³/mol. The number of aromatic hydroxyl groups is 2. The van der Waals surface area contributed by atoms with Crippen molar-refractivity contribution in [1.29, 1.82) is 0 Å². The number of aromatic nitrogens is 2. The molecule has 3 aromatic heterocycles. The van der Waals surface area contributed by atoms with E-state index in [2.05, 4.69) is 20.4 Å². The van der Waals surface area contributed by atoms with Crippen molar-refractivity contribution in [2.24, 2.45) is 5.16 Å². The van der Waals surface area contributed by atoms with Gasteiger partial charge < -0.3 is 36.3 Å². The Morgan fingerprint density at radius 2 is 1.98 bits per heavy atom. The fraction of sp³-hybridized carbons (Fsp3) is 0.179. The maximum atomic E-state index is 13.1. The van der Waals surface area contributed by atoms with E-state index < -0.39 is 52.9 Å². The third kappa shape index (κ3) is 5.35. The summed E-state index contributed by atoms with van der Waals surface area (Å²) in [5.41, 5.74) is 3.43. The minimum Gasteiger partial charge on any atom is -0.504 e. The smallest absolute Gasteiger partial charge is 0.362 e. The summed E-state index contributed by atoms with van der Waals surface area (Å²) in [5.74, 6) is -5.32. The average Bonchev–Trinajstić information content (AvgIpc) is 3.68. The first-order chi connectivity index (χ1) is 22.0.